The van der Waals surface area contributed by atoms with Gasteiger partial charge in [0.1, 0.15) is 12.4 Å². The van der Waals surface area contributed by atoms with E-state index in [1.165, 1.54) is 6.07 Å². The minimum atomic E-state index is -0.623. The molecule has 2 heterocycles. The van der Waals surface area contributed by atoms with E-state index in [0.29, 0.717) is 44.1 Å². The monoisotopic (exact) mass is 414 g/mol. The van der Waals surface area contributed by atoms with Crippen LogP contribution < -0.4 is 10.2 Å². The third kappa shape index (κ3) is 4.13. The van der Waals surface area contributed by atoms with Crippen LogP contribution >= 0.6 is 0 Å². The summed E-state index contributed by atoms with van der Waals surface area (Å²) in [5.74, 6) is -0.986. The van der Waals surface area contributed by atoms with E-state index in [0.717, 1.165) is 5.56 Å². The van der Waals surface area contributed by atoms with E-state index < -0.39 is 17.7 Å². The maximum Gasteiger partial charge on any atom is 0.411 e. The van der Waals surface area contributed by atoms with Crippen LogP contribution in [0.2, 0.25) is 0 Å². The fourth-order valence-corrected chi connectivity index (χ4v) is 4.21. The lowest BCUT2D eigenvalue weighted by Gasteiger charge is -2.50. The third-order valence-electron chi connectivity index (χ3n) is 5.83. The average Bonchev–Trinajstić information content (AvgIpc) is 3.20. The van der Waals surface area contributed by atoms with Crippen molar-refractivity contribution in [3.8, 4) is 0 Å². The van der Waals surface area contributed by atoms with Gasteiger partial charge in [-0.1, -0.05) is 44.2 Å². The molecule has 1 amide bonds. The van der Waals surface area contributed by atoms with Crippen LogP contribution in [0.4, 0.5) is 20.6 Å². The number of amides is 1. The fraction of sp³-hybridized carbons (Fsp3) is 0.435. The van der Waals surface area contributed by atoms with Crippen LogP contribution in [0, 0.1) is 11.2 Å². The summed E-state index contributed by atoms with van der Waals surface area (Å²) in [6, 6.07) is 14.1. The first-order valence-electron chi connectivity index (χ1n) is 10.2. The molecule has 0 bridgehead atoms. The number of ether oxygens (including phenoxy) is 3. The molecule has 2 aromatic rings. The number of hydrogen-bond acceptors (Lipinski definition) is 5. The molecule has 2 aliphatic heterocycles. The molecule has 2 aliphatic rings. The zero-order chi connectivity index (χ0) is 21.2. The highest BCUT2D eigenvalue weighted by atomic mass is 19.1. The van der Waals surface area contributed by atoms with Crippen LogP contribution in [0.5, 0.6) is 0 Å². The van der Waals surface area contributed by atoms with E-state index in [4.69, 9.17) is 14.2 Å². The highest BCUT2D eigenvalue weighted by Crippen LogP contribution is 2.45. The van der Waals surface area contributed by atoms with Gasteiger partial charge in [-0.15, -0.1) is 0 Å². The zero-order valence-corrected chi connectivity index (χ0v) is 17.3. The highest BCUT2D eigenvalue weighted by Gasteiger charge is 2.53. The van der Waals surface area contributed by atoms with Gasteiger partial charge in [0, 0.05) is 30.6 Å². The van der Waals surface area contributed by atoms with Crippen molar-refractivity contribution in [2.45, 2.75) is 32.7 Å². The molecule has 7 heteroatoms. The number of anilines is 2. The molecule has 30 heavy (non-hydrogen) atoms. The molecule has 160 valence electrons. The van der Waals surface area contributed by atoms with E-state index in [1.54, 1.807) is 12.1 Å². The van der Waals surface area contributed by atoms with E-state index >= 15 is 0 Å². The maximum atomic E-state index is 14.9. The minimum Gasteiger partial charge on any atom is -0.444 e. The Hall–Kier alpha value is -2.64. The number of rotatable bonds is 4. The lowest BCUT2D eigenvalue weighted by atomic mass is 9.77. The highest BCUT2D eigenvalue weighted by molar-refractivity contribution is 5.85. The summed E-state index contributed by atoms with van der Waals surface area (Å²) < 4.78 is 31.9. The molecule has 0 saturated carbocycles. The van der Waals surface area contributed by atoms with Crippen LogP contribution in [0.3, 0.4) is 0 Å². The Morgan fingerprint density at radius 1 is 1.17 bits per heavy atom. The van der Waals surface area contributed by atoms with Crippen molar-refractivity contribution in [1.29, 1.82) is 0 Å². The van der Waals surface area contributed by atoms with Gasteiger partial charge in [-0.25, -0.2) is 9.18 Å². The van der Waals surface area contributed by atoms with E-state index in [-0.39, 0.29) is 12.0 Å². The third-order valence-corrected chi connectivity index (χ3v) is 5.83. The average molecular weight is 414 g/mol. The summed E-state index contributed by atoms with van der Waals surface area (Å²) in [5, 5.41) is 2.58. The Kier molecular flexibility index (Phi) is 5.66. The number of carbonyl (C=O) groups is 1. The molecule has 1 spiro atoms. The molecule has 6 nitrogen and oxygen atoms in total. The molecule has 2 saturated heterocycles. The molecule has 0 aromatic heterocycles. The van der Waals surface area contributed by atoms with Crippen molar-refractivity contribution < 1.29 is 23.4 Å². The van der Waals surface area contributed by atoms with Gasteiger partial charge in [-0.3, -0.25) is 5.32 Å². The summed E-state index contributed by atoms with van der Waals surface area (Å²) in [5.41, 5.74) is 1.45. The number of benzene rings is 2. The molecule has 2 fully saturated rings. The number of carbonyl (C=O) groups excluding carboxylic acids is 1. The Morgan fingerprint density at radius 3 is 2.57 bits per heavy atom. The van der Waals surface area contributed by atoms with Crippen molar-refractivity contribution >= 4 is 17.5 Å². The molecule has 0 atom stereocenters. The largest absolute Gasteiger partial charge is 0.444 e. The number of halogens is 1. The Bertz CT molecular complexity index is 897. The molecule has 0 aliphatic carbocycles. The van der Waals surface area contributed by atoms with Gasteiger partial charge in [0.2, 0.25) is 0 Å². The summed E-state index contributed by atoms with van der Waals surface area (Å²) in [6.07, 6.45) is 0.0493. The quantitative estimate of drug-likeness (QED) is 0.795. The number of nitrogens with zero attached hydrogens (tertiary/aromatic N) is 1. The summed E-state index contributed by atoms with van der Waals surface area (Å²) in [7, 11) is 0. The first-order chi connectivity index (χ1) is 14.4. The standard InChI is InChI=1S/C23H27FN2O4/c1-22(2)16-26(11-10-23(22)29-12-13-30-23)20-9-8-18(14-19(20)24)25-21(27)28-15-17-6-4-3-5-7-17/h3-9,14H,10-13,15-16H2,1-2H3,(H,25,27). The van der Waals surface area contributed by atoms with Gasteiger partial charge in [0.25, 0.3) is 0 Å². The second-order valence-corrected chi connectivity index (χ2v) is 8.36. The predicted octanol–water partition coefficient (Wildman–Crippen LogP) is 4.55. The van der Waals surface area contributed by atoms with Crippen LogP contribution in [0.1, 0.15) is 25.8 Å². The smallest absolute Gasteiger partial charge is 0.411 e. The molecule has 0 radical (unpaired) electrons. The molecular weight excluding hydrogens is 387 g/mol. The summed E-state index contributed by atoms with van der Waals surface area (Å²) in [6.45, 7) is 6.75. The lowest BCUT2D eigenvalue weighted by molar-refractivity contribution is -0.235. The number of piperidine rings is 1. The normalized spacial score (nSPS) is 19.6. The van der Waals surface area contributed by atoms with Crippen molar-refractivity contribution in [2.24, 2.45) is 5.41 Å². The predicted molar refractivity (Wildman–Crippen MR) is 112 cm³/mol. The number of nitrogens with one attached hydrogen (secondary N) is 1. The molecule has 4 rings (SSSR count). The Labute approximate surface area is 175 Å². The van der Waals surface area contributed by atoms with Gasteiger partial charge < -0.3 is 19.1 Å². The van der Waals surface area contributed by atoms with Gasteiger partial charge >= 0.3 is 6.09 Å². The first kappa shape index (κ1) is 20.6. The van der Waals surface area contributed by atoms with Crippen LogP contribution in [0.25, 0.3) is 0 Å². The van der Waals surface area contributed by atoms with Crippen LogP contribution in [-0.4, -0.2) is 38.2 Å². The summed E-state index contributed by atoms with van der Waals surface area (Å²) in [4.78, 5) is 14.0. The van der Waals surface area contributed by atoms with Gasteiger partial charge in [-0.05, 0) is 23.8 Å². The van der Waals surface area contributed by atoms with Gasteiger partial charge in [-0.2, -0.15) is 0 Å². The van der Waals surface area contributed by atoms with E-state index in [1.807, 2.05) is 35.2 Å². The Morgan fingerprint density at radius 2 is 1.90 bits per heavy atom. The van der Waals surface area contributed by atoms with Crippen molar-refractivity contribution in [1.82, 2.24) is 0 Å². The lowest BCUT2D eigenvalue weighted by Crippen LogP contribution is -2.58. The minimum absolute atomic E-state index is 0.155. The second-order valence-electron chi connectivity index (χ2n) is 8.36. The first-order valence-corrected chi connectivity index (χ1v) is 10.2. The SMILES string of the molecule is CC1(C)CN(c2ccc(NC(=O)OCc3ccccc3)cc2F)CCC12OCCO2. The van der Waals surface area contributed by atoms with Crippen molar-refractivity contribution in [3.05, 3.63) is 59.9 Å². The molecule has 2 aromatic carbocycles. The van der Waals surface area contributed by atoms with Gasteiger partial charge in [0.05, 0.1) is 18.9 Å². The van der Waals surface area contributed by atoms with Gasteiger partial charge in [0.15, 0.2) is 5.79 Å². The van der Waals surface area contributed by atoms with Crippen LogP contribution in [0.15, 0.2) is 48.5 Å². The van der Waals surface area contributed by atoms with E-state index in [9.17, 15) is 9.18 Å². The topological polar surface area (TPSA) is 60.0 Å². The van der Waals surface area contributed by atoms with Crippen molar-refractivity contribution in [2.75, 3.05) is 36.5 Å². The fourth-order valence-electron chi connectivity index (χ4n) is 4.21. The molecular formula is C23H27FN2O4. The van der Waals surface area contributed by atoms with Crippen molar-refractivity contribution in [3.63, 3.8) is 0 Å². The zero-order valence-electron chi connectivity index (χ0n) is 17.3. The maximum absolute atomic E-state index is 14.9. The molecule has 1 N–H and O–H groups in total. The Balaban J connectivity index is 1.38. The number of hydrogen-bond donors (Lipinski definition) is 1. The van der Waals surface area contributed by atoms with Crippen LogP contribution in [-0.2, 0) is 20.8 Å². The second kappa shape index (κ2) is 8.24. The molecule has 0 unspecified atom stereocenters. The van der Waals surface area contributed by atoms with E-state index in [2.05, 4.69) is 19.2 Å². The summed E-state index contributed by atoms with van der Waals surface area (Å²) >= 11 is 0.